The van der Waals surface area contributed by atoms with Crippen LogP contribution in [0.1, 0.15) is 23.0 Å². The van der Waals surface area contributed by atoms with Gasteiger partial charge in [-0.15, -0.1) is 0 Å². The van der Waals surface area contributed by atoms with Gasteiger partial charge < -0.3 is 10.6 Å². The van der Waals surface area contributed by atoms with Crippen molar-refractivity contribution >= 4 is 5.91 Å². The zero-order valence-corrected chi connectivity index (χ0v) is 12.7. The third-order valence-electron chi connectivity index (χ3n) is 3.46. The summed E-state index contributed by atoms with van der Waals surface area (Å²) in [6, 6.07) is 13.9. The average Bonchev–Trinajstić information content (AvgIpc) is 2.53. The van der Waals surface area contributed by atoms with Gasteiger partial charge >= 0.3 is 0 Å². The van der Waals surface area contributed by atoms with Gasteiger partial charge in [-0.2, -0.15) is 0 Å². The molecule has 0 saturated carbocycles. The van der Waals surface area contributed by atoms with E-state index in [0.717, 1.165) is 17.0 Å². The minimum Gasteiger partial charge on any atom is -0.350 e. The zero-order chi connectivity index (χ0) is 15.2. The number of amides is 1. The number of hydrogen-bond acceptors (Lipinski definition) is 3. The molecule has 1 unspecified atom stereocenters. The number of aromatic nitrogens is 1. The highest BCUT2D eigenvalue weighted by molar-refractivity contribution is 5.95. The first kappa shape index (κ1) is 15.2. The van der Waals surface area contributed by atoms with Gasteiger partial charge in [0.25, 0.3) is 5.91 Å². The molecular formula is C17H21N3O. The number of likely N-dealkylation sites (N-methyl/N-ethyl adjacent to an activating group) is 1. The molecule has 1 atom stereocenters. The van der Waals surface area contributed by atoms with Crippen molar-refractivity contribution in [2.45, 2.75) is 19.9 Å². The molecule has 2 rings (SSSR count). The second kappa shape index (κ2) is 6.99. The van der Waals surface area contributed by atoms with Gasteiger partial charge in [0.2, 0.25) is 0 Å². The number of carbonyl (C=O) groups excluding carboxylic acids is 1. The Labute approximate surface area is 125 Å². The molecule has 0 aliphatic carbocycles. The van der Waals surface area contributed by atoms with E-state index >= 15 is 0 Å². The summed E-state index contributed by atoms with van der Waals surface area (Å²) in [6.07, 6.45) is 0. The number of nitrogens with one attached hydrogen (secondary N) is 2. The minimum atomic E-state index is -0.0817. The van der Waals surface area contributed by atoms with Gasteiger partial charge in [0.05, 0.1) is 17.0 Å². The van der Waals surface area contributed by atoms with Crippen LogP contribution >= 0.6 is 0 Å². The van der Waals surface area contributed by atoms with E-state index in [1.54, 1.807) is 0 Å². The molecule has 0 fully saturated rings. The lowest BCUT2D eigenvalue weighted by molar-refractivity contribution is 0.0949. The number of pyridine rings is 1. The normalized spacial score (nSPS) is 12.0. The van der Waals surface area contributed by atoms with Crippen LogP contribution in [0.4, 0.5) is 0 Å². The monoisotopic (exact) mass is 283 g/mol. The number of rotatable bonds is 5. The van der Waals surface area contributed by atoms with E-state index in [2.05, 4.69) is 15.6 Å². The lowest BCUT2D eigenvalue weighted by atomic mass is 10.1. The zero-order valence-electron chi connectivity index (χ0n) is 12.7. The van der Waals surface area contributed by atoms with Gasteiger partial charge in [0.15, 0.2) is 0 Å². The van der Waals surface area contributed by atoms with Crippen molar-refractivity contribution in [3.63, 3.8) is 0 Å². The third kappa shape index (κ3) is 3.89. The van der Waals surface area contributed by atoms with Crippen molar-refractivity contribution in [3.05, 3.63) is 53.7 Å². The molecular weight excluding hydrogens is 262 g/mol. The van der Waals surface area contributed by atoms with Crippen LogP contribution in [-0.2, 0) is 0 Å². The lowest BCUT2D eigenvalue weighted by Gasteiger charge is -2.12. The maximum atomic E-state index is 12.2. The van der Waals surface area contributed by atoms with Crippen molar-refractivity contribution in [1.29, 1.82) is 0 Å². The molecule has 1 aromatic heterocycles. The fourth-order valence-electron chi connectivity index (χ4n) is 2.01. The molecule has 21 heavy (non-hydrogen) atoms. The number of aryl methyl sites for hydroxylation is 1. The molecule has 0 radical (unpaired) electrons. The van der Waals surface area contributed by atoms with E-state index in [-0.39, 0.29) is 11.9 Å². The summed E-state index contributed by atoms with van der Waals surface area (Å²) in [5.41, 5.74) is 3.30. The van der Waals surface area contributed by atoms with Gasteiger partial charge in [-0.3, -0.25) is 9.78 Å². The fraction of sp³-hybridized carbons (Fsp3) is 0.294. The average molecular weight is 283 g/mol. The van der Waals surface area contributed by atoms with Gasteiger partial charge in [0, 0.05) is 18.2 Å². The Morgan fingerprint density at radius 2 is 1.90 bits per heavy atom. The minimum absolute atomic E-state index is 0.0817. The summed E-state index contributed by atoms with van der Waals surface area (Å²) in [5, 5.41) is 5.99. The standard InChI is InChI=1S/C17H21N3O/c1-12(18-3)11-19-17(21)15-9-10-16(20-13(15)2)14-7-5-4-6-8-14/h4-10,12,18H,11H2,1-3H3,(H,19,21). The highest BCUT2D eigenvalue weighted by Crippen LogP contribution is 2.18. The molecule has 1 amide bonds. The summed E-state index contributed by atoms with van der Waals surface area (Å²) in [7, 11) is 1.87. The molecule has 4 nitrogen and oxygen atoms in total. The molecule has 2 aromatic rings. The van der Waals surface area contributed by atoms with Gasteiger partial charge in [-0.05, 0) is 33.0 Å². The molecule has 2 N–H and O–H groups in total. The van der Waals surface area contributed by atoms with Gasteiger partial charge in [-0.25, -0.2) is 0 Å². The van der Waals surface area contributed by atoms with E-state index in [1.807, 2.05) is 63.4 Å². The Hall–Kier alpha value is -2.20. The SMILES string of the molecule is CNC(C)CNC(=O)c1ccc(-c2ccccc2)nc1C. The Morgan fingerprint density at radius 3 is 2.52 bits per heavy atom. The van der Waals surface area contributed by atoms with E-state index in [4.69, 9.17) is 0 Å². The lowest BCUT2D eigenvalue weighted by Crippen LogP contribution is -2.37. The highest BCUT2D eigenvalue weighted by Gasteiger charge is 2.11. The largest absolute Gasteiger partial charge is 0.350 e. The Balaban J connectivity index is 2.14. The van der Waals surface area contributed by atoms with E-state index < -0.39 is 0 Å². The smallest absolute Gasteiger partial charge is 0.253 e. The number of hydrogen-bond donors (Lipinski definition) is 2. The van der Waals surface area contributed by atoms with Crippen molar-refractivity contribution in [3.8, 4) is 11.3 Å². The summed E-state index contributed by atoms with van der Waals surface area (Å²) in [6.45, 7) is 4.47. The Kier molecular flexibility index (Phi) is 5.06. The first-order chi connectivity index (χ1) is 10.1. The van der Waals surface area contributed by atoms with Crippen molar-refractivity contribution < 1.29 is 4.79 Å². The summed E-state index contributed by atoms with van der Waals surface area (Å²) >= 11 is 0. The molecule has 0 bridgehead atoms. The first-order valence-electron chi connectivity index (χ1n) is 7.10. The van der Waals surface area contributed by atoms with Crippen LogP contribution in [0.15, 0.2) is 42.5 Å². The fourth-order valence-corrected chi connectivity index (χ4v) is 2.01. The van der Waals surface area contributed by atoms with Crippen molar-refractivity contribution in [2.24, 2.45) is 0 Å². The highest BCUT2D eigenvalue weighted by atomic mass is 16.1. The topological polar surface area (TPSA) is 54.0 Å². The molecule has 1 aromatic carbocycles. The molecule has 0 spiro atoms. The number of nitrogens with zero attached hydrogens (tertiary/aromatic N) is 1. The summed E-state index contributed by atoms with van der Waals surface area (Å²) < 4.78 is 0. The van der Waals surface area contributed by atoms with Crippen LogP contribution in [-0.4, -0.2) is 30.5 Å². The summed E-state index contributed by atoms with van der Waals surface area (Å²) in [4.78, 5) is 16.7. The Bertz CT molecular complexity index is 611. The van der Waals surface area contributed by atoms with Gasteiger partial charge in [0.1, 0.15) is 0 Å². The van der Waals surface area contributed by atoms with E-state index in [1.165, 1.54) is 0 Å². The van der Waals surface area contributed by atoms with E-state index in [0.29, 0.717) is 12.1 Å². The third-order valence-corrected chi connectivity index (χ3v) is 3.46. The first-order valence-corrected chi connectivity index (χ1v) is 7.10. The summed E-state index contributed by atoms with van der Waals surface area (Å²) in [5.74, 6) is -0.0817. The van der Waals surface area contributed by atoms with Crippen LogP contribution in [0, 0.1) is 6.92 Å². The molecule has 0 saturated heterocycles. The maximum absolute atomic E-state index is 12.2. The van der Waals surface area contributed by atoms with Crippen LogP contribution in [0.25, 0.3) is 11.3 Å². The van der Waals surface area contributed by atoms with E-state index in [9.17, 15) is 4.79 Å². The maximum Gasteiger partial charge on any atom is 0.253 e. The van der Waals surface area contributed by atoms with Crippen LogP contribution in [0.5, 0.6) is 0 Å². The van der Waals surface area contributed by atoms with Crippen molar-refractivity contribution in [1.82, 2.24) is 15.6 Å². The predicted molar refractivity (Wildman–Crippen MR) is 85.3 cm³/mol. The molecule has 0 aliphatic rings. The van der Waals surface area contributed by atoms with Crippen LogP contribution < -0.4 is 10.6 Å². The molecule has 1 heterocycles. The molecule has 110 valence electrons. The van der Waals surface area contributed by atoms with Crippen LogP contribution in [0.2, 0.25) is 0 Å². The predicted octanol–water partition coefficient (Wildman–Crippen LogP) is 2.39. The second-order valence-electron chi connectivity index (χ2n) is 5.10. The number of carbonyl (C=O) groups is 1. The van der Waals surface area contributed by atoms with Gasteiger partial charge in [-0.1, -0.05) is 30.3 Å². The molecule has 0 aliphatic heterocycles. The quantitative estimate of drug-likeness (QED) is 0.886. The van der Waals surface area contributed by atoms with Crippen molar-refractivity contribution in [2.75, 3.05) is 13.6 Å². The second-order valence-corrected chi connectivity index (χ2v) is 5.10. The number of benzene rings is 1. The molecule has 4 heteroatoms. The van der Waals surface area contributed by atoms with Crippen LogP contribution in [0.3, 0.4) is 0 Å². The Morgan fingerprint density at radius 1 is 1.19 bits per heavy atom.